The molecule has 0 saturated carbocycles. The largest absolute Gasteiger partial charge is 0.454 e. The molecule has 0 aliphatic carbocycles. The molecule has 5 aromatic rings. The van der Waals surface area contributed by atoms with Crippen LogP contribution < -0.4 is 15.4 Å². The average Bonchev–Trinajstić information content (AvgIpc) is 3.05. The van der Waals surface area contributed by atoms with Gasteiger partial charge in [-0.2, -0.15) is 0 Å². The first-order valence-electron chi connectivity index (χ1n) is 15.2. The van der Waals surface area contributed by atoms with Crippen LogP contribution in [0.25, 0.3) is 38.4 Å². The Morgan fingerprint density at radius 1 is 1.09 bits per heavy atom. The Kier molecular flexibility index (Phi) is 7.07. The van der Waals surface area contributed by atoms with Crippen molar-refractivity contribution in [3.8, 4) is 0 Å². The number of carbonyl (C=O) groups excluding carboxylic acids is 1. The van der Waals surface area contributed by atoms with Gasteiger partial charge in [-0.1, -0.05) is 26.5 Å². The first kappa shape index (κ1) is 29.8. The van der Waals surface area contributed by atoms with Crippen LogP contribution in [0.5, 0.6) is 0 Å². The third-order valence-electron chi connectivity index (χ3n) is 9.14. The molecule has 2 bridgehead atoms. The number of hydrogen-bond donors (Lipinski definition) is 1. The fraction of sp³-hybridized carbons (Fsp3) is 0.324. The number of anilines is 2. The van der Waals surface area contributed by atoms with Gasteiger partial charge in [-0.25, -0.2) is 13.2 Å². The Labute approximate surface area is 261 Å². The minimum absolute atomic E-state index is 0.0518. The number of aliphatic hydroxyl groups excluding tert-OH is 1. The van der Waals surface area contributed by atoms with E-state index in [2.05, 4.69) is 11.6 Å². The molecular formula is C34H32F3N5O4. The Morgan fingerprint density at radius 2 is 1.87 bits per heavy atom. The van der Waals surface area contributed by atoms with Crippen LogP contribution in [-0.4, -0.2) is 70.2 Å². The van der Waals surface area contributed by atoms with Gasteiger partial charge in [-0.05, 0) is 37.1 Å². The van der Waals surface area contributed by atoms with E-state index in [0.717, 1.165) is 12.1 Å². The molecule has 1 amide bonds. The minimum Gasteiger partial charge on any atom is -0.454 e. The third kappa shape index (κ3) is 4.23. The van der Waals surface area contributed by atoms with Crippen molar-refractivity contribution in [1.82, 2.24) is 14.3 Å². The van der Waals surface area contributed by atoms with Crippen LogP contribution in [0.4, 0.5) is 24.5 Å². The molecule has 0 unspecified atom stereocenters. The van der Waals surface area contributed by atoms with E-state index in [1.54, 1.807) is 9.80 Å². The van der Waals surface area contributed by atoms with Crippen LogP contribution in [0, 0.1) is 17.5 Å². The summed E-state index contributed by atoms with van der Waals surface area (Å²) in [6.07, 6.45) is 2.74. The number of rotatable bonds is 4. The molecule has 0 spiro atoms. The van der Waals surface area contributed by atoms with Crippen molar-refractivity contribution in [2.45, 2.75) is 38.8 Å². The number of hydrogen-bond acceptors (Lipinski definition) is 7. The van der Waals surface area contributed by atoms with Gasteiger partial charge in [0.1, 0.15) is 28.4 Å². The number of aromatic nitrogens is 2. The summed E-state index contributed by atoms with van der Waals surface area (Å²) in [6.45, 7) is 9.74. The quantitative estimate of drug-likeness (QED) is 0.271. The second kappa shape index (κ2) is 10.9. The molecule has 2 aliphatic rings. The molecular weight excluding hydrogens is 599 g/mol. The molecule has 5 heterocycles. The summed E-state index contributed by atoms with van der Waals surface area (Å²) in [7, 11) is 0. The van der Waals surface area contributed by atoms with E-state index in [9.17, 15) is 14.7 Å². The maximum absolute atomic E-state index is 17.2. The molecule has 2 atom stereocenters. The van der Waals surface area contributed by atoms with E-state index in [0.29, 0.717) is 5.69 Å². The van der Waals surface area contributed by atoms with Gasteiger partial charge in [0, 0.05) is 49.9 Å². The molecule has 0 radical (unpaired) electrons. The predicted octanol–water partition coefficient (Wildman–Crippen LogP) is 5.25. The van der Waals surface area contributed by atoms with Crippen molar-refractivity contribution in [2.75, 3.05) is 42.6 Å². The monoisotopic (exact) mass is 631 g/mol. The third-order valence-corrected chi connectivity index (χ3v) is 9.14. The van der Waals surface area contributed by atoms with Gasteiger partial charge in [0.05, 0.1) is 40.3 Å². The van der Waals surface area contributed by atoms with E-state index in [4.69, 9.17) is 4.42 Å². The zero-order chi connectivity index (χ0) is 32.6. The molecule has 238 valence electrons. The lowest BCUT2D eigenvalue weighted by atomic mass is 9.97. The number of pyridine rings is 2. The van der Waals surface area contributed by atoms with Crippen LogP contribution in [0.1, 0.15) is 32.4 Å². The number of nitrogens with zero attached hydrogens (tertiary/aromatic N) is 5. The Bertz CT molecular complexity index is 2190. The normalized spacial score (nSPS) is 18.1. The summed E-state index contributed by atoms with van der Waals surface area (Å²) in [4.78, 5) is 37.5. The summed E-state index contributed by atoms with van der Waals surface area (Å²) in [6, 6.07) is 5.85. The molecule has 12 heteroatoms. The highest BCUT2D eigenvalue weighted by atomic mass is 19.1. The zero-order valence-corrected chi connectivity index (χ0v) is 25.6. The maximum atomic E-state index is 17.2. The topological polar surface area (TPSA) is 94.5 Å². The summed E-state index contributed by atoms with van der Waals surface area (Å²) < 4.78 is 56.5. The highest BCUT2D eigenvalue weighted by Gasteiger charge is 2.42. The number of benzene rings is 2. The number of amides is 1. The van der Waals surface area contributed by atoms with Gasteiger partial charge in [0.2, 0.25) is 5.91 Å². The SMILES string of the molecule is C=CC(=O)N1C[C@@H]2CN(CCO)c3c(c4cc(F)c5c(F)c4n(c3=O)c3c(C(C)C)nccc3oc3cccc(F)c35)N2C[C@H]1C. The van der Waals surface area contributed by atoms with Crippen molar-refractivity contribution in [1.29, 1.82) is 0 Å². The average molecular weight is 632 g/mol. The predicted molar refractivity (Wildman–Crippen MR) is 171 cm³/mol. The van der Waals surface area contributed by atoms with Gasteiger partial charge in [-0.15, -0.1) is 0 Å². The first-order valence-corrected chi connectivity index (χ1v) is 15.2. The standard InChI is InChI=1S/C34H32F3N5O4/c1-5-25(44)40-16-19-15-39(11-12-43)33-31(41(19)14-18(40)4)20-13-22(36)27-26-21(35)7-6-8-23(26)46-24-9-10-38-29(17(2)3)32(24)42(34(33)45)30(20)28(27)37/h5-10,13,17-19,43H,1,11-12,14-16H2,2-4H3/t18-,19+/m1/s1. The van der Waals surface area contributed by atoms with E-state index in [1.165, 1.54) is 34.9 Å². The van der Waals surface area contributed by atoms with Gasteiger partial charge >= 0.3 is 0 Å². The van der Waals surface area contributed by atoms with Gasteiger partial charge in [-0.3, -0.25) is 19.0 Å². The second-order valence-electron chi connectivity index (χ2n) is 12.2. The van der Waals surface area contributed by atoms with E-state index in [1.807, 2.05) is 25.7 Å². The molecule has 1 saturated heterocycles. The first-order chi connectivity index (χ1) is 22.1. The van der Waals surface area contributed by atoms with Crippen molar-refractivity contribution < 1.29 is 27.5 Å². The molecule has 2 aliphatic heterocycles. The van der Waals surface area contributed by atoms with Crippen LogP contribution in [0.2, 0.25) is 0 Å². The van der Waals surface area contributed by atoms with E-state index in [-0.39, 0.29) is 95.7 Å². The molecule has 1 N–H and O–H groups in total. The number of β-amino-alcohol motifs (C(OH)–C–C–N with tert-alkyl or cyclic N) is 1. The molecule has 2 aromatic carbocycles. The van der Waals surface area contributed by atoms with Crippen molar-refractivity contribution in [3.05, 3.63) is 82.7 Å². The van der Waals surface area contributed by atoms with Crippen LogP contribution in [-0.2, 0) is 4.79 Å². The number of aliphatic hydroxyl groups is 1. The Hall–Kier alpha value is -4.84. The van der Waals surface area contributed by atoms with Crippen LogP contribution in [0.3, 0.4) is 0 Å². The lowest BCUT2D eigenvalue weighted by Gasteiger charge is -2.51. The summed E-state index contributed by atoms with van der Waals surface area (Å²) in [5, 5.41) is 9.10. The van der Waals surface area contributed by atoms with Crippen molar-refractivity contribution >= 4 is 55.6 Å². The highest BCUT2D eigenvalue weighted by Crippen LogP contribution is 2.44. The van der Waals surface area contributed by atoms with E-state index < -0.39 is 33.8 Å². The number of piperazine rings is 1. The second-order valence-corrected chi connectivity index (χ2v) is 12.2. The fourth-order valence-corrected chi connectivity index (χ4v) is 7.16. The van der Waals surface area contributed by atoms with Gasteiger partial charge in [0.15, 0.2) is 11.4 Å². The summed E-state index contributed by atoms with van der Waals surface area (Å²) >= 11 is 0. The van der Waals surface area contributed by atoms with Crippen LogP contribution in [0.15, 0.2) is 58.4 Å². The zero-order valence-electron chi connectivity index (χ0n) is 25.6. The van der Waals surface area contributed by atoms with Gasteiger partial charge < -0.3 is 24.2 Å². The number of carbonyl (C=O) groups is 1. The van der Waals surface area contributed by atoms with Crippen LogP contribution >= 0.6 is 0 Å². The van der Waals surface area contributed by atoms with Crippen molar-refractivity contribution in [2.24, 2.45) is 0 Å². The molecule has 9 nitrogen and oxygen atoms in total. The van der Waals surface area contributed by atoms with E-state index >= 15 is 13.2 Å². The molecule has 3 aromatic heterocycles. The minimum atomic E-state index is -1.12. The lowest BCUT2D eigenvalue weighted by molar-refractivity contribution is -0.128. The van der Waals surface area contributed by atoms with Crippen molar-refractivity contribution in [3.63, 3.8) is 0 Å². The number of halogens is 3. The molecule has 1 fully saturated rings. The summed E-state index contributed by atoms with van der Waals surface area (Å²) in [5.41, 5.74) is 0.114. The maximum Gasteiger partial charge on any atom is 0.281 e. The Morgan fingerprint density at radius 3 is 2.59 bits per heavy atom. The summed E-state index contributed by atoms with van der Waals surface area (Å²) in [5.74, 6) is -3.57. The molecule has 7 rings (SSSR count). The number of fused-ring (bicyclic) bond motifs is 9. The smallest absolute Gasteiger partial charge is 0.281 e. The lowest BCUT2D eigenvalue weighted by Crippen LogP contribution is -2.64. The fourth-order valence-electron chi connectivity index (χ4n) is 7.16. The Balaban J connectivity index is 1.74. The highest BCUT2D eigenvalue weighted by molar-refractivity contribution is 6.07. The van der Waals surface area contributed by atoms with Gasteiger partial charge in [0.25, 0.3) is 5.56 Å². The molecule has 46 heavy (non-hydrogen) atoms.